The molecule has 0 atom stereocenters. The van der Waals surface area contributed by atoms with E-state index in [2.05, 4.69) is 187 Å². The second-order valence-electron chi connectivity index (χ2n) is 12.8. The van der Waals surface area contributed by atoms with E-state index in [1.165, 1.54) is 65.3 Å². The van der Waals surface area contributed by atoms with Crippen LogP contribution in [-0.2, 0) is 0 Å². The van der Waals surface area contributed by atoms with Gasteiger partial charge in [0.05, 0.1) is 11.0 Å². The fourth-order valence-corrected chi connectivity index (χ4v) is 7.69. The molecule has 0 radical (unpaired) electrons. The summed E-state index contributed by atoms with van der Waals surface area (Å²) in [5.41, 5.74) is 9.16. The number of aromatic nitrogens is 2. The number of fused-ring (bicyclic) bond motifs is 5. The van der Waals surface area contributed by atoms with Crippen LogP contribution < -0.4 is 0 Å². The molecule has 10 rings (SSSR count). The maximum absolute atomic E-state index is 5.25. The van der Waals surface area contributed by atoms with Crippen LogP contribution in [0.3, 0.4) is 0 Å². The van der Waals surface area contributed by atoms with Gasteiger partial charge >= 0.3 is 0 Å². The van der Waals surface area contributed by atoms with Crippen molar-refractivity contribution in [2.75, 3.05) is 0 Å². The average molecular weight is 623 g/mol. The second-order valence-corrected chi connectivity index (χ2v) is 12.8. The predicted octanol–water partition coefficient (Wildman–Crippen LogP) is 12.6. The van der Waals surface area contributed by atoms with Gasteiger partial charge in [0.25, 0.3) is 0 Å². The zero-order valence-electron chi connectivity index (χ0n) is 26.7. The first-order valence-electron chi connectivity index (χ1n) is 16.8. The lowest BCUT2D eigenvalue weighted by atomic mass is 9.84. The summed E-state index contributed by atoms with van der Waals surface area (Å²) in [5, 5.41) is 9.88. The zero-order valence-corrected chi connectivity index (χ0v) is 26.7. The first-order valence-corrected chi connectivity index (χ1v) is 16.8. The Labute approximate surface area is 284 Å². The van der Waals surface area contributed by atoms with Gasteiger partial charge in [0, 0.05) is 11.3 Å². The highest BCUT2D eigenvalue weighted by Crippen LogP contribution is 2.46. The molecule has 2 heteroatoms. The smallest absolute Gasteiger partial charge is 0.145 e. The highest BCUT2D eigenvalue weighted by atomic mass is 15.1. The number of nitrogens with zero attached hydrogens (tertiary/aromatic N) is 2. The minimum absolute atomic E-state index is 0.930. The predicted molar refractivity (Wildman–Crippen MR) is 207 cm³/mol. The van der Waals surface area contributed by atoms with E-state index in [9.17, 15) is 0 Å². The summed E-state index contributed by atoms with van der Waals surface area (Å²) in [6, 6.07) is 65.8. The lowest BCUT2D eigenvalue weighted by Crippen LogP contribution is -1.98. The van der Waals surface area contributed by atoms with E-state index >= 15 is 0 Å². The molecule has 0 spiro atoms. The van der Waals surface area contributed by atoms with Gasteiger partial charge in [-0.2, -0.15) is 0 Å². The fourth-order valence-electron chi connectivity index (χ4n) is 7.69. The molecule has 0 aliphatic heterocycles. The summed E-state index contributed by atoms with van der Waals surface area (Å²) < 4.78 is 2.29. The Bertz CT molecular complexity index is 2880. The van der Waals surface area contributed by atoms with Crippen molar-refractivity contribution < 1.29 is 0 Å². The molecule has 228 valence electrons. The van der Waals surface area contributed by atoms with Gasteiger partial charge in [0.2, 0.25) is 0 Å². The molecule has 0 N–H and O–H groups in total. The Hall–Kier alpha value is -6.51. The summed E-state index contributed by atoms with van der Waals surface area (Å²) >= 11 is 0. The van der Waals surface area contributed by atoms with Crippen LogP contribution in [0.15, 0.2) is 182 Å². The monoisotopic (exact) mass is 622 g/mol. The van der Waals surface area contributed by atoms with Crippen LogP contribution in [0.2, 0.25) is 0 Å². The molecule has 1 heterocycles. The van der Waals surface area contributed by atoms with Crippen LogP contribution in [0.1, 0.15) is 0 Å². The first kappa shape index (κ1) is 27.6. The fraction of sp³-hybridized carbons (Fsp3) is 0. The molecular formula is C47H30N2. The third kappa shape index (κ3) is 4.46. The molecule has 2 nitrogen and oxygen atoms in total. The van der Waals surface area contributed by atoms with Crippen LogP contribution in [0.5, 0.6) is 0 Å². The van der Waals surface area contributed by atoms with Crippen LogP contribution in [0.25, 0.3) is 93.5 Å². The van der Waals surface area contributed by atoms with Crippen molar-refractivity contribution in [1.82, 2.24) is 9.55 Å². The van der Waals surface area contributed by atoms with Crippen LogP contribution in [0, 0.1) is 0 Å². The highest BCUT2D eigenvalue weighted by Gasteiger charge is 2.20. The standard InChI is InChI=1S/C47H30N2/c1-2-16-38(17-3-1)49-44-21-11-10-20-43(44)48-47(49)37-26-27-41-42(30-37)46(36-25-23-32-13-5-7-15-34(32)29-36)40-19-9-8-18-39(40)45(41)35-24-22-31-12-4-6-14-33(31)28-35/h1-30H. The van der Waals surface area contributed by atoms with E-state index in [-0.39, 0.29) is 0 Å². The SMILES string of the molecule is c1ccc(-n2c(-c3ccc4c(-c5ccc6ccccc6c5)c5ccccc5c(-c5ccc6ccccc6c5)c4c3)nc3ccccc32)cc1. The molecule has 49 heavy (non-hydrogen) atoms. The number of benzene rings is 9. The summed E-state index contributed by atoms with van der Waals surface area (Å²) in [6.07, 6.45) is 0. The third-order valence-electron chi connectivity index (χ3n) is 9.93. The quantitative estimate of drug-likeness (QED) is 0.179. The van der Waals surface area contributed by atoms with Crippen molar-refractivity contribution in [3.63, 3.8) is 0 Å². The second kappa shape index (κ2) is 11.0. The van der Waals surface area contributed by atoms with E-state index in [1.54, 1.807) is 0 Å². The van der Waals surface area contributed by atoms with Crippen LogP contribution >= 0.6 is 0 Å². The molecule has 0 fully saturated rings. The molecule has 0 saturated carbocycles. The van der Waals surface area contributed by atoms with Gasteiger partial charge in [-0.15, -0.1) is 0 Å². The van der Waals surface area contributed by atoms with Crippen LogP contribution in [-0.4, -0.2) is 9.55 Å². The summed E-state index contributed by atoms with van der Waals surface area (Å²) in [5.74, 6) is 0.930. The van der Waals surface area contributed by atoms with Crippen molar-refractivity contribution in [3.05, 3.63) is 182 Å². The number of imidazole rings is 1. The molecule has 0 saturated heterocycles. The van der Waals surface area contributed by atoms with Crippen molar-refractivity contribution in [1.29, 1.82) is 0 Å². The van der Waals surface area contributed by atoms with E-state index in [1.807, 2.05) is 0 Å². The third-order valence-corrected chi connectivity index (χ3v) is 9.93. The van der Waals surface area contributed by atoms with E-state index in [4.69, 9.17) is 4.98 Å². The zero-order chi connectivity index (χ0) is 32.3. The number of hydrogen-bond donors (Lipinski definition) is 0. The average Bonchev–Trinajstić information content (AvgIpc) is 3.56. The maximum atomic E-state index is 5.25. The Morgan fingerprint density at radius 1 is 0.347 bits per heavy atom. The lowest BCUT2D eigenvalue weighted by molar-refractivity contribution is 1.10. The lowest BCUT2D eigenvalue weighted by Gasteiger charge is -2.19. The molecule has 0 unspecified atom stereocenters. The molecule has 0 aliphatic carbocycles. The molecule has 0 aliphatic rings. The maximum Gasteiger partial charge on any atom is 0.145 e. The normalized spacial score (nSPS) is 11.7. The Kier molecular flexibility index (Phi) is 6.22. The van der Waals surface area contributed by atoms with Gasteiger partial charge in [-0.05, 0) is 108 Å². The van der Waals surface area contributed by atoms with Gasteiger partial charge in [-0.1, -0.05) is 140 Å². The van der Waals surface area contributed by atoms with E-state index in [0.29, 0.717) is 0 Å². The molecule has 1 aromatic heterocycles. The Morgan fingerprint density at radius 3 is 1.53 bits per heavy atom. The molecule has 0 amide bonds. The van der Waals surface area contributed by atoms with Crippen molar-refractivity contribution >= 4 is 54.1 Å². The van der Waals surface area contributed by atoms with Crippen molar-refractivity contribution in [2.45, 2.75) is 0 Å². The van der Waals surface area contributed by atoms with Gasteiger partial charge < -0.3 is 0 Å². The molecule has 9 aromatic carbocycles. The summed E-state index contributed by atoms with van der Waals surface area (Å²) in [4.78, 5) is 5.25. The molecular weight excluding hydrogens is 593 g/mol. The summed E-state index contributed by atoms with van der Waals surface area (Å²) in [6.45, 7) is 0. The largest absolute Gasteiger partial charge is 0.292 e. The van der Waals surface area contributed by atoms with Gasteiger partial charge in [-0.25, -0.2) is 4.98 Å². The van der Waals surface area contributed by atoms with Gasteiger partial charge in [0.15, 0.2) is 0 Å². The minimum atomic E-state index is 0.930. The summed E-state index contributed by atoms with van der Waals surface area (Å²) in [7, 11) is 0. The number of rotatable bonds is 4. The minimum Gasteiger partial charge on any atom is -0.292 e. The van der Waals surface area contributed by atoms with Crippen LogP contribution in [0.4, 0.5) is 0 Å². The highest BCUT2D eigenvalue weighted by molar-refractivity contribution is 6.22. The Balaban J connectivity index is 1.33. The number of hydrogen-bond acceptors (Lipinski definition) is 1. The Morgan fingerprint density at radius 2 is 0.857 bits per heavy atom. The first-order chi connectivity index (χ1) is 24.3. The molecule has 0 bridgehead atoms. The molecule has 10 aromatic rings. The topological polar surface area (TPSA) is 17.8 Å². The van der Waals surface area contributed by atoms with Crippen molar-refractivity contribution in [3.8, 4) is 39.3 Å². The van der Waals surface area contributed by atoms with Gasteiger partial charge in [-0.3, -0.25) is 4.57 Å². The van der Waals surface area contributed by atoms with Gasteiger partial charge in [0.1, 0.15) is 5.82 Å². The number of para-hydroxylation sites is 3. The van der Waals surface area contributed by atoms with E-state index < -0.39 is 0 Å². The van der Waals surface area contributed by atoms with Crippen molar-refractivity contribution in [2.24, 2.45) is 0 Å². The van der Waals surface area contributed by atoms with E-state index in [0.717, 1.165) is 28.1 Å².